The molecule has 6 heteroatoms. The van der Waals surface area contributed by atoms with E-state index < -0.39 is 30.7 Å². The third-order valence-corrected chi connectivity index (χ3v) is 1.98. The summed E-state index contributed by atoms with van der Waals surface area (Å²) in [6.45, 7) is -1.16. The molecule has 0 aromatic carbocycles. The summed E-state index contributed by atoms with van der Waals surface area (Å²) in [5.74, 6) is 0. The van der Waals surface area contributed by atoms with Crippen LogP contribution >= 0.6 is 0 Å². The Bertz CT molecular complexity index is 162. The summed E-state index contributed by atoms with van der Waals surface area (Å²) in [4.78, 5) is 0. The Hall–Kier alpha value is -0.240. The number of aliphatic hydroxyl groups is 5. The summed E-state index contributed by atoms with van der Waals surface area (Å²) in [7, 11) is 0. The van der Waals surface area contributed by atoms with Gasteiger partial charge in [0.15, 0.2) is 11.9 Å². The first-order valence-corrected chi connectivity index (χ1v) is 3.51. The van der Waals surface area contributed by atoms with Crippen molar-refractivity contribution >= 4 is 0 Å². The second-order valence-corrected chi connectivity index (χ2v) is 2.85. The molecule has 0 radical (unpaired) electrons. The number of ether oxygens (including phenoxy) is 1. The average Bonchev–Trinajstić information content (AvgIpc) is 2.08. The Labute approximate surface area is 68.6 Å². The Morgan fingerprint density at radius 3 is 2.33 bits per heavy atom. The minimum absolute atomic E-state index is 0.273. The second kappa shape index (κ2) is 3.25. The van der Waals surface area contributed by atoms with E-state index in [1.54, 1.807) is 0 Å². The maximum atomic E-state index is 9.35. The van der Waals surface area contributed by atoms with Crippen molar-refractivity contribution in [2.45, 2.75) is 24.1 Å². The van der Waals surface area contributed by atoms with Crippen molar-refractivity contribution in [1.82, 2.24) is 0 Å². The highest BCUT2D eigenvalue weighted by molar-refractivity contribution is 4.95. The van der Waals surface area contributed by atoms with Gasteiger partial charge in [-0.15, -0.1) is 0 Å². The molecule has 0 aromatic heterocycles. The highest BCUT2D eigenvalue weighted by Crippen LogP contribution is 2.24. The van der Waals surface area contributed by atoms with Crippen LogP contribution in [0.3, 0.4) is 0 Å². The summed E-state index contributed by atoms with van der Waals surface area (Å²) >= 11 is 0. The fraction of sp³-hybridized carbons (Fsp3) is 1.00. The lowest BCUT2D eigenvalue weighted by molar-refractivity contribution is -0.310. The first-order chi connectivity index (χ1) is 5.52. The highest BCUT2D eigenvalue weighted by atomic mass is 16.6. The van der Waals surface area contributed by atoms with Crippen molar-refractivity contribution in [3.05, 3.63) is 0 Å². The maximum Gasteiger partial charge on any atom is 0.188 e. The van der Waals surface area contributed by atoms with E-state index in [4.69, 9.17) is 20.4 Å². The van der Waals surface area contributed by atoms with Gasteiger partial charge in [0.2, 0.25) is 0 Å². The summed E-state index contributed by atoms with van der Waals surface area (Å²) in [6.07, 6.45) is -4.59. The first kappa shape index (κ1) is 9.85. The number of hydrogen-bond acceptors (Lipinski definition) is 6. The van der Waals surface area contributed by atoms with Crippen molar-refractivity contribution in [3.8, 4) is 0 Å². The van der Waals surface area contributed by atoms with Crippen molar-refractivity contribution in [2.75, 3.05) is 13.2 Å². The van der Waals surface area contributed by atoms with E-state index >= 15 is 0 Å². The van der Waals surface area contributed by atoms with Crippen LogP contribution in [0.25, 0.3) is 0 Å². The zero-order valence-corrected chi connectivity index (χ0v) is 6.29. The molecule has 5 N–H and O–H groups in total. The van der Waals surface area contributed by atoms with E-state index in [1.165, 1.54) is 0 Å². The standard InChI is InChI=1S/C6H12O6/c7-2-6(11)4(9)3(8)1-12-5(6)10/h3-5,7-11H,1-2H2/t3-,4-,5?,6-/m0/s1. The Balaban J connectivity index is 2.78. The minimum Gasteiger partial charge on any atom is -0.393 e. The normalized spacial score (nSPS) is 49.2. The van der Waals surface area contributed by atoms with Crippen LogP contribution in [-0.2, 0) is 4.74 Å². The number of aliphatic hydroxyl groups excluding tert-OH is 4. The monoisotopic (exact) mass is 180 g/mol. The second-order valence-electron chi connectivity index (χ2n) is 2.85. The molecular weight excluding hydrogens is 168 g/mol. The molecule has 6 nitrogen and oxygen atoms in total. The van der Waals surface area contributed by atoms with E-state index in [2.05, 4.69) is 4.74 Å². The maximum absolute atomic E-state index is 9.35. The van der Waals surface area contributed by atoms with Crippen molar-refractivity contribution in [2.24, 2.45) is 0 Å². The van der Waals surface area contributed by atoms with Crippen LogP contribution in [0.5, 0.6) is 0 Å². The molecule has 1 heterocycles. The molecule has 72 valence electrons. The third-order valence-electron chi connectivity index (χ3n) is 1.98. The zero-order chi connectivity index (χ0) is 9.35. The van der Waals surface area contributed by atoms with Gasteiger partial charge in [-0.05, 0) is 0 Å². The molecule has 0 aliphatic carbocycles. The van der Waals surface area contributed by atoms with Crippen molar-refractivity contribution < 1.29 is 30.3 Å². The molecule has 0 spiro atoms. The lowest BCUT2D eigenvalue weighted by Crippen LogP contribution is -2.64. The largest absolute Gasteiger partial charge is 0.393 e. The van der Waals surface area contributed by atoms with Gasteiger partial charge in [-0.25, -0.2) is 0 Å². The van der Waals surface area contributed by atoms with E-state index in [0.717, 1.165) is 0 Å². The van der Waals surface area contributed by atoms with E-state index in [1.807, 2.05) is 0 Å². The molecule has 4 atom stereocenters. The highest BCUT2D eigenvalue weighted by Gasteiger charge is 2.50. The molecule has 1 rings (SSSR count). The smallest absolute Gasteiger partial charge is 0.188 e. The van der Waals surface area contributed by atoms with E-state index in [-0.39, 0.29) is 6.61 Å². The summed E-state index contributed by atoms with van der Waals surface area (Å²) in [5, 5.41) is 45.2. The van der Waals surface area contributed by atoms with Crippen LogP contribution in [-0.4, -0.2) is 62.8 Å². The zero-order valence-electron chi connectivity index (χ0n) is 6.29. The van der Waals surface area contributed by atoms with Crippen LogP contribution < -0.4 is 0 Å². The molecule has 1 saturated heterocycles. The van der Waals surface area contributed by atoms with Crippen LogP contribution in [0.1, 0.15) is 0 Å². The van der Waals surface area contributed by atoms with Gasteiger partial charge in [-0.2, -0.15) is 0 Å². The third kappa shape index (κ3) is 1.33. The Morgan fingerprint density at radius 1 is 1.33 bits per heavy atom. The predicted molar refractivity (Wildman–Crippen MR) is 36.0 cm³/mol. The van der Waals surface area contributed by atoms with E-state index in [0.29, 0.717) is 0 Å². The van der Waals surface area contributed by atoms with Gasteiger partial charge < -0.3 is 30.3 Å². The van der Waals surface area contributed by atoms with Gasteiger partial charge in [0.1, 0.15) is 12.2 Å². The van der Waals surface area contributed by atoms with Crippen LogP contribution in [0.4, 0.5) is 0 Å². The lowest BCUT2D eigenvalue weighted by atomic mass is 9.91. The SMILES string of the molecule is OC[C@@]1(O)C(O)OC[C@H](O)[C@@H]1O. The molecule has 1 aliphatic rings. The fourth-order valence-corrected chi connectivity index (χ4v) is 1.08. The molecular formula is C6H12O6. The van der Waals surface area contributed by atoms with Gasteiger partial charge in [-0.1, -0.05) is 0 Å². The first-order valence-electron chi connectivity index (χ1n) is 3.51. The molecule has 1 fully saturated rings. The Kier molecular flexibility index (Phi) is 2.67. The molecule has 1 aliphatic heterocycles. The summed E-state index contributed by atoms with van der Waals surface area (Å²) in [5.41, 5.74) is -2.20. The van der Waals surface area contributed by atoms with Crippen LogP contribution in [0, 0.1) is 0 Å². The molecule has 1 unspecified atom stereocenters. The summed E-state index contributed by atoms with van der Waals surface area (Å²) < 4.78 is 4.50. The van der Waals surface area contributed by atoms with Gasteiger partial charge in [0.05, 0.1) is 13.2 Å². The van der Waals surface area contributed by atoms with Crippen molar-refractivity contribution in [3.63, 3.8) is 0 Å². The van der Waals surface area contributed by atoms with Crippen LogP contribution in [0.15, 0.2) is 0 Å². The Morgan fingerprint density at radius 2 is 1.92 bits per heavy atom. The molecule has 12 heavy (non-hydrogen) atoms. The van der Waals surface area contributed by atoms with E-state index in [9.17, 15) is 5.11 Å². The molecule has 0 saturated carbocycles. The average molecular weight is 180 g/mol. The minimum atomic E-state index is -2.20. The molecule has 0 aromatic rings. The van der Waals surface area contributed by atoms with Gasteiger partial charge in [-0.3, -0.25) is 0 Å². The fourth-order valence-electron chi connectivity index (χ4n) is 1.08. The number of hydrogen-bond donors (Lipinski definition) is 5. The van der Waals surface area contributed by atoms with Gasteiger partial charge in [0.25, 0.3) is 0 Å². The van der Waals surface area contributed by atoms with Crippen molar-refractivity contribution in [1.29, 1.82) is 0 Å². The van der Waals surface area contributed by atoms with Crippen LogP contribution in [0.2, 0.25) is 0 Å². The number of rotatable bonds is 1. The molecule has 0 bridgehead atoms. The lowest BCUT2D eigenvalue weighted by Gasteiger charge is -2.41. The predicted octanol–water partition coefficient (Wildman–Crippen LogP) is -3.22. The topological polar surface area (TPSA) is 110 Å². The quantitative estimate of drug-likeness (QED) is 0.290. The summed E-state index contributed by atoms with van der Waals surface area (Å²) in [6, 6.07) is 0. The van der Waals surface area contributed by atoms with Gasteiger partial charge in [0, 0.05) is 0 Å². The van der Waals surface area contributed by atoms with Gasteiger partial charge >= 0.3 is 0 Å². The molecule has 0 amide bonds.